The standard InChI is InChI=1S/C5H4FN5O6/c6-5(10(14)15,11(16)17)3-8-2-1-4(7-8)9(12)13/h1-2H,3H2. The largest absolute Gasteiger partial charge is 0.635 e. The van der Waals surface area contributed by atoms with Gasteiger partial charge in [0.2, 0.25) is 6.54 Å². The van der Waals surface area contributed by atoms with Gasteiger partial charge in [0.15, 0.2) is 0 Å². The molecule has 1 aromatic rings. The number of nitro groups is 3. The van der Waals surface area contributed by atoms with Gasteiger partial charge < -0.3 is 10.1 Å². The smallest absolute Gasteiger partial charge is 0.358 e. The first kappa shape index (κ1) is 12.4. The SMILES string of the molecule is O=[N+]([O-])c1ccn(CC(F)([N+](=O)[O-])[N+](=O)[O-])n1. The summed E-state index contributed by atoms with van der Waals surface area (Å²) in [7, 11) is 0. The van der Waals surface area contributed by atoms with Crippen LogP contribution in [-0.4, -0.2) is 30.5 Å². The van der Waals surface area contributed by atoms with E-state index in [1.807, 2.05) is 0 Å². The Labute approximate surface area is 90.9 Å². The average Bonchev–Trinajstić information content (AvgIpc) is 2.65. The molecule has 0 radical (unpaired) electrons. The van der Waals surface area contributed by atoms with Gasteiger partial charge in [0.1, 0.15) is 9.85 Å². The normalized spacial score (nSPS) is 11.1. The van der Waals surface area contributed by atoms with Gasteiger partial charge in [0.05, 0.1) is 17.4 Å². The fourth-order valence-electron chi connectivity index (χ4n) is 0.925. The Kier molecular flexibility index (Phi) is 2.97. The van der Waals surface area contributed by atoms with Crippen molar-refractivity contribution < 1.29 is 19.2 Å². The molecule has 1 heterocycles. The lowest BCUT2D eigenvalue weighted by atomic mass is 10.5. The molecule has 17 heavy (non-hydrogen) atoms. The first-order valence-electron chi connectivity index (χ1n) is 3.93. The van der Waals surface area contributed by atoms with Crippen LogP contribution in [-0.2, 0) is 6.54 Å². The molecule has 0 unspecified atom stereocenters. The van der Waals surface area contributed by atoms with Crippen LogP contribution in [0.1, 0.15) is 0 Å². The average molecular weight is 249 g/mol. The molecule has 0 fully saturated rings. The van der Waals surface area contributed by atoms with Crippen molar-refractivity contribution in [2.45, 2.75) is 12.5 Å². The maximum absolute atomic E-state index is 13.3. The van der Waals surface area contributed by atoms with Gasteiger partial charge in [-0.05, 0) is 4.92 Å². The Morgan fingerprint density at radius 3 is 2.18 bits per heavy atom. The van der Waals surface area contributed by atoms with Gasteiger partial charge >= 0.3 is 11.7 Å². The van der Waals surface area contributed by atoms with E-state index in [1.54, 1.807) is 0 Å². The molecule has 92 valence electrons. The summed E-state index contributed by atoms with van der Waals surface area (Å²) in [5.74, 6) is -4.67. The van der Waals surface area contributed by atoms with Crippen LogP contribution in [0.3, 0.4) is 0 Å². The van der Waals surface area contributed by atoms with Crippen LogP contribution in [0, 0.1) is 30.3 Å². The lowest BCUT2D eigenvalue weighted by Crippen LogP contribution is -2.45. The van der Waals surface area contributed by atoms with Gasteiger partial charge in [-0.25, -0.2) is 0 Å². The molecule has 0 N–H and O–H groups in total. The summed E-state index contributed by atoms with van der Waals surface area (Å²) in [5.41, 5.74) is 0. The highest BCUT2D eigenvalue weighted by molar-refractivity contribution is 5.13. The minimum atomic E-state index is -3.97. The van der Waals surface area contributed by atoms with E-state index in [2.05, 4.69) is 5.10 Å². The molecule has 0 aromatic carbocycles. The van der Waals surface area contributed by atoms with Gasteiger partial charge in [-0.15, -0.1) is 0 Å². The Bertz CT molecular complexity index is 471. The third kappa shape index (κ3) is 2.30. The van der Waals surface area contributed by atoms with E-state index in [9.17, 15) is 34.7 Å². The second-order valence-electron chi connectivity index (χ2n) is 2.86. The quantitative estimate of drug-likeness (QED) is 0.308. The van der Waals surface area contributed by atoms with Gasteiger partial charge in [-0.1, -0.05) is 4.39 Å². The molecular weight excluding hydrogens is 245 g/mol. The summed E-state index contributed by atoms with van der Waals surface area (Å²) in [4.78, 5) is 26.3. The van der Waals surface area contributed by atoms with Gasteiger partial charge in [-0.2, -0.15) is 4.68 Å². The Hall–Kier alpha value is -2.66. The topological polar surface area (TPSA) is 147 Å². The van der Waals surface area contributed by atoms with Crippen LogP contribution in [0.4, 0.5) is 10.2 Å². The molecule has 0 aliphatic rings. The number of nitrogens with zero attached hydrogens (tertiary/aromatic N) is 5. The Morgan fingerprint density at radius 2 is 1.82 bits per heavy atom. The number of aromatic nitrogens is 2. The zero-order valence-electron chi connectivity index (χ0n) is 7.93. The molecule has 0 atom stereocenters. The third-order valence-corrected chi connectivity index (χ3v) is 1.74. The van der Waals surface area contributed by atoms with Crippen molar-refractivity contribution in [3.05, 3.63) is 42.6 Å². The van der Waals surface area contributed by atoms with Crippen LogP contribution >= 0.6 is 0 Å². The van der Waals surface area contributed by atoms with E-state index in [0.717, 1.165) is 12.3 Å². The van der Waals surface area contributed by atoms with Crippen LogP contribution in [0.2, 0.25) is 0 Å². The summed E-state index contributed by atoms with van der Waals surface area (Å²) in [6.45, 7) is -1.36. The van der Waals surface area contributed by atoms with E-state index in [0.29, 0.717) is 4.68 Å². The van der Waals surface area contributed by atoms with Gasteiger partial charge in [-0.3, -0.25) is 20.2 Å². The maximum atomic E-state index is 13.3. The predicted octanol–water partition coefficient (Wildman–Crippen LogP) is -0.0320. The maximum Gasteiger partial charge on any atom is 0.635 e. The summed E-state index contributed by atoms with van der Waals surface area (Å²) < 4.78 is 13.7. The van der Waals surface area contributed by atoms with E-state index in [1.165, 1.54) is 0 Å². The molecule has 0 aliphatic heterocycles. The van der Waals surface area contributed by atoms with Crippen molar-refractivity contribution in [3.63, 3.8) is 0 Å². The van der Waals surface area contributed by atoms with E-state index in [4.69, 9.17) is 0 Å². The summed E-state index contributed by atoms with van der Waals surface area (Å²) >= 11 is 0. The zero-order valence-corrected chi connectivity index (χ0v) is 7.93. The van der Waals surface area contributed by atoms with Crippen molar-refractivity contribution in [3.8, 4) is 0 Å². The third-order valence-electron chi connectivity index (χ3n) is 1.74. The lowest BCUT2D eigenvalue weighted by molar-refractivity contribution is -0.833. The molecule has 0 saturated carbocycles. The molecule has 1 rings (SSSR count). The first-order valence-corrected chi connectivity index (χ1v) is 3.93. The molecule has 11 nitrogen and oxygen atoms in total. The van der Waals surface area contributed by atoms with Crippen molar-refractivity contribution in [1.82, 2.24) is 9.78 Å². The number of hydrogen-bond donors (Lipinski definition) is 0. The van der Waals surface area contributed by atoms with Crippen molar-refractivity contribution >= 4 is 5.82 Å². The lowest BCUT2D eigenvalue weighted by Gasteiger charge is -2.05. The summed E-state index contributed by atoms with van der Waals surface area (Å²) in [6.07, 6.45) is 0.833. The number of rotatable bonds is 5. The molecule has 1 aromatic heterocycles. The number of halogens is 1. The number of alkyl halides is 1. The Balaban J connectivity index is 2.98. The molecule has 0 saturated heterocycles. The van der Waals surface area contributed by atoms with Gasteiger partial charge in [0.25, 0.3) is 0 Å². The first-order chi connectivity index (χ1) is 7.77. The van der Waals surface area contributed by atoms with E-state index < -0.39 is 33.0 Å². The molecule has 12 heteroatoms. The van der Waals surface area contributed by atoms with Crippen molar-refractivity contribution in [2.75, 3.05) is 0 Å². The number of hydrogen-bond acceptors (Lipinski definition) is 7. The van der Waals surface area contributed by atoms with Crippen LogP contribution in [0.15, 0.2) is 12.3 Å². The molecule has 0 amide bonds. The predicted molar refractivity (Wildman–Crippen MR) is 46.7 cm³/mol. The zero-order chi connectivity index (χ0) is 13.2. The minimum Gasteiger partial charge on any atom is -0.358 e. The molecule has 0 bridgehead atoms. The summed E-state index contributed by atoms with van der Waals surface area (Å²) in [5, 5.41) is 33.8. The fraction of sp³-hybridized carbons (Fsp3) is 0.400. The minimum absolute atomic E-state index is 0.420. The second kappa shape index (κ2) is 4.07. The van der Waals surface area contributed by atoms with Gasteiger partial charge in [0, 0.05) is 0 Å². The fourth-order valence-corrected chi connectivity index (χ4v) is 0.925. The van der Waals surface area contributed by atoms with Crippen molar-refractivity contribution in [2.24, 2.45) is 0 Å². The van der Waals surface area contributed by atoms with Crippen LogP contribution in [0.25, 0.3) is 0 Å². The highest BCUT2D eigenvalue weighted by Gasteiger charge is 2.59. The van der Waals surface area contributed by atoms with Crippen molar-refractivity contribution in [1.29, 1.82) is 0 Å². The molecule has 0 aliphatic carbocycles. The van der Waals surface area contributed by atoms with E-state index in [-0.39, 0.29) is 0 Å². The monoisotopic (exact) mass is 249 g/mol. The van der Waals surface area contributed by atoms with E-state index >= 15 is 0 Å². The van der Waals surface area contributed by atoms with Crippen LogP contribution in [0.5, 0.6) is 0 Å². The Morgan fingerprint density at radius 1 is 1.29 bits per heavy atom. The van der Waals surface area contributed by atoms with Crippen LogP contribution < -0.4 is 0 Å². The highest BCUT2D eigenvalue weighted by Crippen LogP contribution is 2.17. The second-order valence-corrected chi connectivity index (χ2v) is 2.86. The summed E-state index contributed by atoms with van der Waals surface area (Å²) in [6, 6.07) is 0.834. The molecular formula is C5H4FN5O6. The highest BCUT2D eigenvalue weighted by atomic mass is 19.2. The molecule has 0 spiro atoms.